The van der Waals surface area contributed by atoms with E-state index in [1.165, 1.54) is 18.2 Å². The standard InChI is InChI=1S/C16H20N2O4/c1-3-14(21)17-11-5-6-13(20)12(9-11)15(22)18-8-4-7-16(18,2)10-19/h3,5-6,9,19-20H,1,4,7-8,10H2,2H3,(H,17,21)/t16-/m0/s1. The van der Waals surface area contributed by atoms with Crippen LogP contribution >= 0.6 is 0 Å². The summed E-state index contributed by atoms with van der Waals surface area (Å²) in [6.07, 6.45) is 2.64. The predicted octanol–water partition coefficient (Wildman–Crippen LogP) is 1.50. The Morgan fingerprint density at radius 1 is 1.50 bits per heavy atom. The van der Waals surface area contributed by atoms with Crippen molar-refractivity contribution in [2.24, 2.45) is 0 Å². The summed E-state index contributed by atoms with van der Waals surface area (Å²) in [4.78, 5) is 25.6. The Bertz CT molecular complexity index is 614. The number of carbonyl (C=O) groups is 2. The van der Waals surface area contributed by atoms with E-state index < -0.39 is 11.4 Å². The predicted molar refractivity (Wildman–Crippen MR) is 82.7 cm³/mol. The second kappa shape index (κ2) is 6.19. The second-order valence-corrected chi connectivity index (χ2v) is 5.64. The smallest absolute Gasteiger partial charge is 0.258 e. The van der Waals surface area contributed by atoms with Crippen molar-refractivity contribution in [3.05, 3.63) is 36.4 Å². The SMILES string of the molecule is C=CC(=O)Nc1ccc(O)c(C(=O)N2CCC[C@@]2(C)CO)c1. The number of nitrogens with zero attached hydrogens (tertiary/aromatic N) is 1. The van der Waals surface area contributed by atoms with Gasteiger partial charge in [0.25, 0.3) is 5.91 Å². The molecule has 1 aliphatic heterocycles. The molecule has 3 N–H and O–H groups in total. The molecule has 1 aromatic carbocycles. The van der Waals surface area contributed by atoms with E-state index in [1.54, 1.807) is 4.90 Å². The van der Waals surface area contributed by atoms with Crippen molar-refractivity contribution in [1.29, 1.82) is 0 Å². The van der Waals surface area contributed by atoms with Crippen LogP contribution < -0.4 is 5.32 Å². The molecule has 1 atom stereocenters. The van der Waals surface area contributed by atoms with Crippen LogP contribution in [0.25, 0.3) is 0 Å². The number of nitrogens with one attached hydrogen (secondary N) is 1. The van der Waals surface area contributed by atoms with E-state index in [2.05, 4.69) is 11.9 Å². The maximum Gasteiger partial charge on any atom is 0.258 e. The first kappa shape index (κ1) is 16.0. The first-order valence-corrected chi connectivity index (χ1v) is 7.10. The monoisotopic (exact) mass is 304 g/mol. The molecular weight excluding hydrogens is 284 g/mol. The quantitative estimate of drug-likeness (QED) is 0.581. The minimum absolute atomic E-state index is 0.100. The number of amides is 2. The number of phenols is 1. The summed E-state index contributed by atoms with van der Waals surface area (Å²) in [6.45, 7) is 5.57. The molecule has 2 amide bonds. The highest BCUT2D eigenvalue weighted by molar-refractivity contribution is 6.02. The number of likely N-dealkylation sites (tertiary alicyclic amines) is 1. The minimum atomic E-state index is -0.621. The lowest BCUT2D eigenvalue weighted by Crippen LogP contribution is -2.47. The summed E-state index contributed by atoms with van der Waals surface area (Å²) >= 11 is 0. The normalized spacial score (nSPS) is 20.7. The molecule has 1 fully saturated rings. The molecule has 22 heavy (non-hydrogen) atoms. The van der Waals surface area contributed by atoms with Gasteiger partial charge < -0.3 is 20.4 Å². The molecule has 1 saturated heterocycles. The molecule has 6 nitrogen and oxygen atoms in total. The van der Waals surface area contributed by atoms with Gasteiger partial charge in [-0.2, -0.15) is 0 Å². The van der Waals surface area contributed by atoms with Crippen molar-refractivity contribution in [2.75, 3.05) is 18.5 Å². The Balaban J connectivity index is 2.31. The highest BCUT2D eigenvalue weighted by Crippen LogP contribution is 2.32. The molecule has 0 spiro atoms. The molecule has 2 rings (SSSR count). The van der Waals surface area contributed by atoms with Crippen molar-refractivity contribution < 1.29 is 19.8 Å². The lowest BCUT2D eigenvalue weighted by atomic mass is 9.99. The van der Waals surface area contributed by atoms with Gasteiger partial charge in [-0.3, -0.25) is 9.59 Å². The Labute approximate surface area is 129 Å². The molecule has 0 aliphatic carbocycles. The van der Waals surface area contributed by atoms with Crippen LogP contribution in [-0.2, 0) is 4.79 Å². The van der Waals surface area contributed by atoms with Crippen LogP contribution in [0.15, 0.2) is 30.9 Å². The van der Waals surface area contributed by atoms with Crippen LogP contribution in [0.2, 0.25) is 0 Å². The number of benzene rings is 1. The van der Waals surface area contributed by atoms with Crippen molar-refractivity contribution in [3.8, 4) is 5.75 Å². The maximum absolute atomic E-state index is 12.7. The van der Waals surface area contributed by atoms with Gasteiger partial charge in [-0.1, -0.05) is 6.58 Å². The number of aromatic hydroxyl groups is 1. The fraction of sp³-hybridized carbons (Fsp3) is 0.375. The number of aliphatic hydroxyl groups excluding tert-OH is 1. The summed E-state index contributed by atoms with van der Waals surface area (Å²) < 4.78 is 0. The van der Waals surface area contributed by atoms with Gasteiger partial charge in [0, 0.05) is 12.2 Å². The van der Waals surface area contributed by atoms with Gasteiger partial charge >= 0.3 is 0 Å². The number of phenolic OH excluding ortho intramolecular Hbond substituents is 1. The highest BCUT2D eigenvalue weighted by atomic mass is 16.3. The van der Waals surface area contributed by atoms with Gasteiger partial charge in [0.1, 0.15) is 5.75 Å². The zero-order valence-corrected chi connectivity index (χ0v) is 12.5. The van der Waals surface area contributed by atoms with Gasteiger partial charge in [0.05, 0.1) is 17.7 Å². The van der Waals surface area contributed by atoms with E-state index in [1.807, 2.05) is 6.92 Å². The van der Waals surface area contributed by atoms with E-state index in [0.29, 0.717) is 18.7 Å². The first-order valence-electron chi connectivity index (χ1n) is 7.10. The molecule has 1 heterocycles. The lowest BCUT2D eigenvalue weighted by Gasteiger charge is -2.33. The summed E-state index contributed by atoms with van der Waals surface area (Å²) in [5, 5.41) is 22.1. The third-order valence-electron chi connectivity index (χ3n) is 4.01. The molecule has 0 saturated carbocycles. The van der Waals surface area contributed by atoms with Crippen LogP contribution in [0.5, 0.6) is 5.75 Å². The van der Waals surface area contributed by atoms with Gasteiger partial charge in [-0.15, -0.1) is 0 Å². The number of carbonyl (C=O) groups excluding carboxylic acids is 2. The zero-order chi connectivity index (χ0) is 16.3. The summed E-state index contributed by atoms with van der Waals surface area (Å²) in [6, 6.07) is 4.29. The molecular formula is C16H20N2O4. The minimum Gasteiger partial charge on any atom is -0.507 e. The second-order valence-electron chi connectivity index (χ2n) is 5.64. The van der Waals surface area contributed by atoms with Crippen molar-refractivity contribution in [1.82, 2.24) is 4.90 Å². The fourth-order valence-corrected chi connectivity index (χ4v) is 2.66. The number of hydrogen-bond donors (Lipinski definition) is 3. The largest absolute Gasteiger partial charge is 0.507 e. The Morgan fingerprint density at radius 3 is 2.86 bits per heavy atom. The summed E-state index contributed by atoms with van der Waals surface area (Å²) in [5.41, 5.74) is -0.122. The average molecular weight is 304 g/mol. The van der Waals surface area contributed by atoms with Crippen LogP contribution in [0, 0.1) is 0 Å². The van der Waals surface area contributed by atoms with Crippen molar-refractivity contribution in [3.63, 3.8) is 0 Å². The fourth-order valence-electron chi connectivity index (χ4n) is 2.66. The Morgan fingerprint density at radius 2 is 2.23 bits per heavy atom. The van der Waals surface area contributed by atoms with E-state index >= 15 is 0 Å². The third kappa shape index (κ3) is 2.96. The van der Waals surface area contributed by atoms with E-state index in [0.717, 1.165) is 12.5 Å². The molecule has 118 valence electrons. The first-order chi connectivity index (χ1) is 10.4. The number of rotatable bonds is 4. The van der Waals surface area contributed by atoms with Gasteiger partial charge in [-0.25, -0.2) is 0 Å². The number of aliphatic hydroxyl groups is 1. The van der Waals surface area contributed by atoms with Crippen LogP contribution in [0.4, 0.5) is 5.69 Å². The molecule has 0 radical (unpaired) electrons. The maximum atomic E-state index is 12.7. The topological polar surface area (TPSA) is 89.9 Å². The summed E-state index contributed by atoms with van der Waals surface area (Å²) in [5.74, 6) is -0.916. The third-order valence-corrected chi connectivity index (χ3v) is 4.01. The molecule has 6 heteroatoms. The Kier molecular flexibility index (Phi) is 4.51. The molecule has 1 aromatic rings. The molecule has 1 aliphatic rings. The van der Waals surface area contributed by atoms with E-state index in [-0.39, 0.29) is 23.8 Å². The van der Waals surface area contributed by atoms with Crippen LogP contribution in [0.1, 0.15) is 30.1 Å². The van der Waals surface area contributed by atoms with E-state index in [4.69, 9.17) is 0 Å². The molecule has 0 bridgehead atoms. The Hall–Kier alpha value is -2.34. The average Bonchev–Trinajstić information content (AvgIpc) is 2.91. The van der Waals surface area contributed by atoms with Gasteiger partial charge in [0.2, 0.25) is 5.91 Å². The number of anilines is 1. The van der Waals surface area contributed by atoms with Crippen LogP contribution in [-0.4, -0.2) is 45.6 Å². The number of hydrogen-bond acceptors (Lipinski definition) is 4. The van der Waals surface area contributed by atoms with Gasteiger partial charge in [-0.05, 0) is 44.0 Å². The molecule has 0 unspecified atom stereocenters. The molecule has 0 aromatic heterocycles. The highest BCUT2D eigenvalue weighted by Gasteiger charge is 2.40. The van der Waals surface area contributed by atoms with E-state index in [9.17, 15) is 19.8 Å². The zero-order valence-electron chi connectivity index (χ0n) is 12.5. The summed E-state index contributed by atoms with van der Waals surface area (Å²) in [7, 11) is 0. The van der Waals surface area contributed by atoms with Crippen molar-refractivity contribution in [2.45, 2.75) is 25.3 Å². The van der Waals surface area contributed by atoms with Crippen LogP contribution in [0.3, 0.4) is 0 Å². The lowest BCUT2D eigenvalue weighted by molar-refractivity contribution is -0.111. The van der Waals surface area contributed by atoms with Crippen molar-refractivity contribution >= 4 is 17.5 Å². The van der Waals surface area contributed by atoms with Gasteiger partial charge in [0.15, 0.2) is 0 Å².